The van der Waals surface area contributed by atoms with Crippen molar-refractivity contribution in [2.75, 3.05) is 20.1 Å². The molecule has 1 atom stereocenters. The van der Waals surface area contributed by atoms with Crippen molar-refractivity contribution in [1.82, 2.24) is 15.1 Å². The van der Waals surface area contributed by atoms with Crippen molar-refractivity contribution in [1.29, 1.82) is 0 Å². The summed E-state index contributed by atoms with van der Waals surface area (Å²) in [5, 5.41) is 3.02. The van der Waals surface area contributed by atoms with Gasteiger partial charge in [-0.25, -0.2) is 0 Å². The van der Waals surface area contributed by atoms with E-state index in [1.807, 2.05) is 25.7 Å². The fourth-order valence-corrected chi connectivity index (χ4v) is 3.69. The monoisotopic (exact) mass is 295 g/mol. The highest BCUT2D eigenvalue weighted by Crippen LogP contribution is 2.30. The van der Waals surface area contributed by atoms with Gasteiger partial charge in [0.25, 0.3) is 0 Å². The molecule has 0 aromatic rings. The molecule has 0 spiro atoms. The van der Waals surface area contributed by atoms with E-state index in [0.29, 0.717) is 19.3 Å². The van der Waals surface area contributed by atoms with Gasteiger partial charge in [-0.1, -0.05) is 20.8 Å². The van der Waals surface area contributed by atoms with Crippen molar-refractivity contribution in [3.63, 3.8) is 0 Å². The molecule has 0 radical (unpaired) electrons. The van der Waals surface area contributed by atoms with Gasteiger partial charge in [-0.05, 0) is 52.2 Å². The van der Waals surface area contributed by atoms with Crippen LogP contribution in [0, 0.1) is 0 Å². The van der Waals surface area contributed by atoms with E-state index in [1.165, 1.54) is 0 Å². The number of likely N-dealkylation sites (tertiary alicyclic amines) is 1. The zero-order valence-corrected chi connectivity index (χ0v) is 13.8. The summed E-state index contributed by atoms with van der Waals surface area (Å²) in [5.41, 5.74) is -0.688. The summed E-state index contributed by atoms with van der Waals surface area (Å²) in [6, 6.07) is -0.0840. The molecule has 2 fully saturated rings. The molecule has 1 unspecified atom stereocenters. The van der Waals surface area contributed by atoms with Gasteiger partial charge in [0.05, 0.1) is 0 Å². The van der Waals surface area contributed by atoms with Gasteiger partial charge in [0, 0.05) is 6.04 Å². The van der Waals surface area contributed by atoms with E-state index >= 15 is 0 Å². The Morgan fingerprint density at radius 3 is 2.19 bits per heavy atom. The Balaban J connectivity index is 2.29. The van der Waals surface area contributed by atoms with Crippen molar-refractivity contribution in [2.24, 2.45) is 0 Å². The van der Waals surface area contributed by atoms with E-state index in [0.717, 1.165) is 25.9 Å². The number of rotatable bonds is 4. The summed E-state index contributed by atoms with van der Waals surface area (Å²) < 4.78 is 0. The van der Waals surface area contributed by atoms with Gasteiger partial charge in [0.2, 0.25) is 11.8 Å². The summed E-state index contributed by atoms with van der Waals surface area (Å²) in [7, 11) is 2.11. The summed E-state index contributed by atoms with van der Waals surface area (Å²) in [5.74, 6) is 0.160. The predicted octanol–water partition coefficient (Wildman–Crippen LogP) is 1.38. The van der Waals surface area contributed by atoms with Gasteiger partial charge in [-0.3, -0.25) is 9.59 Å². The van der Waals surface area contributed by atoms with Crippen molar-refractivity contribution < 1.29 is 9.59 Å². The summed E-state index contributed by atoms with van der Waals surface area (Å²) in [4.78, 5) is 29.8. The number of nitrogens with zero attached hydrogens (tertiary/aromatic N) is 2. The quantitative estimate of drug-likeness (QED) is 0.852. The normalized spacial score (nSPS) is 27.8. The molecular formula is C16H29N3O2. The minimum Gasteiger partial charge on any atom is -0.340 e. The van der Waals surface area contributed by atoms with E-state index in [4.69, 9.17) is 0 Å². The van der Waals surface area contributed by atoms with Crippen molar-refractivity contribution in [3.8, 4) is 0 Å². The van der Waals surface area contributed by atoms with Crippen LogP contribution in [0.2, 0.25) is 0 Å². The highest BCUT2D eigenvalue weighted by molar-refractivity contribution is 6.00. The third kappa shape index (κ3) is 2.80. The average molecular weight is 295 g/mol. The van der Waals surface area contributed by atoms with Crippen LogP contribution in [-0.2, 0) is 9.59 Å². The van der Waals surface area contributed by atoms with Crippen molar-refractivity contribution in [2.45, 2.75) is 70.5 Å². The second kappa shape index (κ2) is 6.34. The van der Waals surface area contributed by atoms with Gasteiger partial charge in [0.1, 0.15) is 11.6 Å². The molecule has 0 bridgehead atoms. The lowest BCUT2D eigenvalue weighted by Gasteiger charge is -2.49. The molecule has 2 amide bonds. The van der Waals surface area contributed by atoms with Crippen LogP contribution in [0.25, 0.3) is 0 Å². The first kappa shape index (κ1) is 16.3. The van der Waals surface area contributed by atoms with Gasteiger partial charge >= 0.3 is 0 Å². The van der Waals surface area contributed by atoms with Crippen LogP contribution in [0.3, 0.4) is 0 Å². The van der Waals surface area contributed by atoms with Crippen LogP contribution < -0.4 is 5.32 Å². The molecule has 2 aliphatic rings. The maximum absolute atomic E-state index is 13.1. The van der Waals surface area contributed by atoms with Gasteiger partial charge in [-0.2, -0.15) is 0 Å². The van der Waals surface area contributed by atoms with Crippen LogP contribution in [0.4, 0.5) is 0 Å². The molecule has 0 aromatic carbocycles. The van der Waals surface area contributed by atoms with Gasteiger partial charge < -0.3 is 15.1 Å². The largest absolute Gasteiger partial charge is 0.340 e. The Labute approximate surface area is 128 Å². The molecule has 5 nitrogen and oxygen atoms in total. The first-order chi connectivity index (χ1) is 9.99. The molecule has 5 heteroatoms. The number of piperazine rings is 1. The lowest BCUT2D eigenvalue weighted by molar-refractivity contribution is -0.159. The van der Waals surface area contributed by atoms with Crippen LogP contribution >= 0.6 is 0 Å². The molecule has 0 saturated carbocycles. The average Bonchev–Trinajstić information content (AvgIpc) is 2.50. The molecule has 2 heterocycles. The first-order valence-electron chi connectivity index (χ1n) is 8.32. The lowest BCUT2D eigenvalue weighted by atomic mass is 9.84. The molecule has 0 aliphatic carbocycles. The van der Waals surface area contributed by atoms with Crippen molar-refractivity contribution >= 4 is 11.8 Å². The predicted molar refractivity (Wildman–Crippen MR) is 82.9 cm³/mol. The maximum atomic E-state index is 13.1. The third-order valence-electron chi connectivity index (χ3n) is 5.32. The SMILES string of the molecule is CCC1C(=O)NC(CC)(CC)C(=O)N1C1CCN(C)CC1. The molecular weight excluding hydrogens is 266 g/mol. The fraction of sp³-hybridized carbons (Fsp3) is 0.875. The number of amides is 2. The van der Waals surface area contributed by atoms with Crippen LogP contribution in [0.1, 0.15) is 52.9 Å². The van der Waals surface area contributed by atoms with Crippen LogP contribution in [-0.4, -0.2) is 59.4 Å². The Morgan fingerprint density at radius 2 is 1.71 bits per heavy atom. The summed E-state index contributed by atoms with van der Waals surface area (Å²) >= 11 is 0. The van der Waals surface area contributed by atoms with Gasteiger partial charge in [-0.15, -0.1) is 0 Å². The summed E-state index contributed by atoms with van der Waals surface area (Å²) in [6.45, 7) is 7.96. The molecule has 2 saturated heterocycles. The second-order valence-electron chi connectivity index (χ2n) is 6.45. The number of carbonyl (C=O) groups is 2. The summed E-state index contributed by atoms with van der Waals surface area (Å²) in [6.07, 6.45) is 3.94. The van der Waals surface area contributed by atoms with E-state index in [-0.39, 0.29) is 23.9 Å². The zero-order valence-electron chi connectivity index (χ0n) is 13.8. The smallest absolute Gasteiger partial charge is 0.249 e. The number of hydrogen-bond acceptors (Lipinski definition) is 3. The standard InChI is InChI=1S/C16H29N3O2/c1-5-13-14(20)17-16(6-2,7-3)15(21)19(13)12-8-10-18(4)11-9-12/h12-13H,5-11H2,1-4H3,(H,17,20). The Kier molecular flexibility index (Phi) is 4.91. The Morgan fingerprint density at radius 1 is 1.14 bits per heavy atom. The number of hydrogen-bond donors (Lipinski definition) is 1. The van der Waals surface area contributed by atoms with Crippen LogP contribution in [0.15, 0.2) is 0 Å². The number of carbonyl (C=O) groups excluding carboxylic acids is 2. The highest BCUT2D eigenvalue weighted by atomic mass is 16.2. The Hall–Kier alpha value is -1.10. The molecule has 2 aliphatic heterocycles. The zero-order chi connectivity index (χ0) is 15.6. The first-order valence-corrected chi connectivity index (χ1v) is 8.32. The van der Waals surface area contributed by atoms with E-state index < -0.39 is 5.54 Å². The molecule has 2 rings (SSSR count). The molecule has 0 aromatic heterocycles. The minimum absolute atomic E-state index is 0.0275. The van der Waals surface area contributed by atoms with E-state index in [2.05, 4.69) is 17.3 Å². The lowest BCUT2D eigenvalue weighted by Crippen LogP contribution is -2.72. The topological polar surface area (TPSA) is 52.7 Å². The second-order valence-corrected chi connectivity index (χ2v) is 6.45. The molecule has 120 valence electrons. The number of piperidine rings is 1. The minimum atomic E-state index is -0.688. The van der Waals surface area contributed by atoms with E-state index in [1.54, 1.807) is 0 Å². The number of nitrogens with one attached hydrogen (secondary N) is 1. The molecule has 1 N–H and O–H groups in total. The van der Waals surface area contributed by atoms with Gasteiger partial charge in [0.15, 0.2) is 0 Å². The fourth-order valence-electron chi connectivity index (χ4n) is 3.69. The van der Waals surface area contributed by atoms with Crippen LogP contribution in [0.5, 0.6) is 0 Å². The molecule has 21 heavy (non-hydrogen) atoms. The maximum Gasteiger partial charge on any atom is 0.249 e. The Bertz CT molecular complexity index is 398. The van der Waals surface area contributed by atoms with E-state index in [9.17, 15) is 9.59 Å². The third-order valence-corrected chi connectivity index (χ3v) is 5.32. The van der Waals surface area contributed by atoms with Crippen molar-refractivity contribution in [3.05, 3.63) is 0 Å². The highest BCUT2D eigenvalue weighted by Gasteiger charge is 2.50.